The zero-order chi connectivity index (χ0) is 31.7. The average Bonchev–Trinajstić information content (AvgIpc) is 3.64. The monoisotopic (exact) mass is 620 g/mol. The molecule has 4 fully saturated rings. The summed E-state index contributed by atoms with van der Waals surface area (Å²) >= 11 is 0. The Morgan fingerprint density at radius 2 is 0.729 bits per heavy atom. The van der Waals surface area contributed by atoms with Crippen LogP contribution in [0.4, 0.5) is 34.1 Å². The number of para-hydroxylation sites is 3. The van der Waals surface area contributed by atoms with Gasteiger partial charge in [-0.2, -0.15) is 0 Å². The third-order valence-corrected chi connectivity index (χ3v) is 12.7. The SMILES string of the molecule is c1ccc(N(c2ccccc2)c2ccc(-c3ccc(N(c4ccccc4)c4ccc(C56CC7CC8CC(C5)C87C6)cc4)cc3)cc2)cc1. The van der Waals surface area contributed by atoms with E-state index in [1.54, 1.807) is 5.56 Å². The summed E-state index contributed by atoms with van der Waals surface area (Å²) in [6, 6.07) is 59.7. The molecule has 0 saturated heterocycles. The lowest BCUT2D eigenvalue weighted by Crippen LogP contribution is -2.59. The van der Waals surface area contributed by atoms with Gasteiger partial charge in [-0.05, 0) is 150 Å². The van der Waals surface area contributed by atoms with E-state index in [-0.39, 0.29) is 0 Å². The molecule has 234 valence electrons. The van der Waals surface area contributed by atoms with Crippen LogP contribution in [0.1, 0.15) is 37.7 Å². The molecule has 10 rings (SSSR count). The van der Waals surface area contributed by atoms with Crippen molar-refractivity contribution in [1.29, 1.82) is 0 Å². The van der Waals surface area contributed by atoms with Crippen LogP contribution in [-0.4, -0.2) is 0 Å². The Bertz CT molecular complexity index is 2000. The minimum absolute atomic E-state index is 0.438. The second-order valence-corrected chi connectivity index (χ2v) is 14.9. The molecule has 0 aliphatic heterocycles. The van der Waals surface area contributed by atoms with Crippen LogP contribution in [0.5, 0.6) is 0 Å². The average molecular weight is 621 g/mol. The molecule has 2 heteroatoms. The first kappa shape index (κ1) is 28.0. The maximum Gasteiger partial charge on any atom is 0.0462 e. The zero-order valence-electron chi connectivity index (χ0n) is 27.3. The van der Waals surface area contributed by atoms with Gasteiger partial charge in [0, 0.05) is 34.1 Å². The van der Waals surface area contributed by atoms with Crippen molar-refractivity contribution in [3.63, 3.8) is 0 Å². The minimum Gasteiger partial charge on any atom is -0.311 e. The minimum atomic E-state index is 0.438. The Hall–Kier alpha value is -5.08. The van der Waals surface area contributed by atoms with Crippen molar-refractivity contribution in [2.45, 2.75) is 37.5 Å². The van der Waals surface area contributed by atoms with Crippen molar-refractivity contribution >= 4 is 34.1 Å². The van der Waals surface area contributed by atoms with E-state index < -0.39 is 0 Å². The Kier molecular flexibility index (Phi) is 6.25. The third kappa shape index (κ3) is 4.18. The fourth-order valence-corrected chi connectivity index (χ4v) is 10.6. The quantitative estimate of drug-likeness (QED) is 0.167. The molecular weight excluding hydrogens is 581 g/mol. The number of nitrogens with zero attached hydrogens (tertiary/aromatic N) is 2. The maximum atomic E-state index is 2.47. The third-order valence-electron chi connectivity index (χ3n) is 12.7. The zero-order valence-corrected chi connectivity index (χ0v) is 27.3. The highest BCUT2D eigenvalue weighted by molar-refractivity contribution is 5.80. The van der Waals surface area contributed by atoms with Crippen molar-refractivity contribution < 1.29 is 0 Å². The normalized spacial score (nSPS) is 25.9. The summed E-state index contributed by atoms with van der Waals surface area (Å²) < 4.78 is 0. The second-order valence-electron chi connectivity index (χ2n) is 14.9. The van der Waals surface area contributed by atoms with E-state index in [2.05, 4.69) is 174 Å². The largest absolute Gasteiger partial charge is 0.311 e. The number of benzene rings is 6. The van der Waals surface area contributed by atoms with Gasteiger partial charge in [0.2, 0.25) is 0 Å². The highest BCUT2D eigenvalue weighted by Gasteiger charge is 2.77. The van der Waals surface area contributed by atoms with E-state index in [4.69, 9.17) is 0 Å². The smallest absolute Gasteiger partial charge is 0.0462 e. The first-order chi connectivity index (χ1) is 23.7. The highest BCUT2D eigenvalue weighted by Crippen LogP contribution is 2.84. The number of rotatable bonds is 8. The lowest BCUT2D eigenvalue weighted by Gasteiger charge is -2.66. The lowest BCUT2D eigenvalue weighted by molar-refractivity contribution is -0.175. The summed E-state index contributed by atoms with van der Waals surface area (Å²) in [5.41, 5.74) is 12.2. The van der Waals surface area contributed by atoms with Crippen LogP contribution < -0.4 is 9.80 Å². The van der Waals surface area contributed by atoms with E-state index in [0.717, 1.165) is 40.2 Å². The van der Waals surface area contributed by atoms with Gasteiger partial charge in [-0.1, -0.05) is 91.0 Å². The molecule has 4 aliphatic carbocycles. The van der Waals surface area contributed by atoms with Gasteiger partial charge >= 0.3 is 0 Å². The molecule has 1 spiro atoms. The maximum absolute atomic E-state index is 2.47. The van der Waals surface area contributed by atoms with Gasteiger partial charge in [0.05, 0.1) is 0 Å². The molecule has 2 nitrogen and oxygen atoms in total. The van der Waals surface area contributed by atoms with Crippen molar-refractivity contribution in [1.82, 2.24) is 0 Å². The first-order valence-electron chi connectivity index (χ1n) is 17.8. The van der Waals surface area contributed by atoms with Crippen LogP contribution in [-0.2, 0) is 5.41 Å². The van der Waals surface area contributed by atoms with E-state index in [1.807, 2.05) is 0 Å². The fraction of sp³-hybridized carbons (Fsp3) is 0.217. The summed E-state index contributed by atoms with van der Waals surface area (Å²) in [5, 5.41) is 0. The molecule has 0 amide bonds. The van der Waals surface area contributed by atoms with E-state index in [9.17, 15) is 0 Å². The second kappa shape index (κ2) is 10.7. The van der Waals surface area contributed by atoms with E-state index >= 15 is 0 Å². The van der Waals surface area contributed by atoms with Gasteiger partial charge in [0.1, 0.15) is 0 Å². The Morgan fingerprint density at radius 3 is 1.08 bits per heavy atom. The number of fused-ring (bicyclic) bond motifs is 1. The Morgan fingerprint density at radius 1 is 0.375 bits per heavy atom. The van der Waals surface area contributed by atoms with E-state index in [1.165, 1.54) is 60.3 Å². The molecule has 0 N–H and O–H groups in total. The molecule has 0 aromatic heterocycles. The molecule has 4 aliphatic rings. The summed E-state index contributed by atoms with van der Waals surface area (Å²) in [5.74, 6) is 3.08. The molecule has 0 radical (unpaired) electrons. The van der Waals surface area contributed by atoms with Crippen LogP contribution in [0.2, 0.25) is 0 Å². The van der Waals surface area contributed by atoms with E-state index in [0.29, 0.717) is 5.41 Å². The first-order valence-corrected chi connectivity index (χ1v) is 17.8. The molecule has 2 atom stereocenters. The molecule has 2 bridgehead atoms. The summed E-state index contributed by atoms with van der Waals surface area (Å²) in [7, 11) is 0. The molecule has 0 heterocycles. The van der Waals surface area contributed by atoms with Gasteiger partial charge < -0.3 is 9.80 Å². The van der Waals surface area contributed by atoms with Crippen molar-refractivity contribution in [2.24, 2.45) is 23.2 Å². The van der Waals surface area contributed by atoms with Gasteiger partial charge in [-0.15, -0.1) is 0 Å². The van der Waals surface area contributed by atoms with Crippen LogP contribution in [0.15, 0.2) is 164 Å². The molecule has 6 aromatic rings. The lowest BCUT2D eigenvalue weighted by atomic mass is 9.38. The van der Waals surface area contributed by atoms with Crippen LogP contribution in [0, 0.1) is 23.2 Å². The molecule has 6 aromatic carbocycles. The van der Waals surface area contributed by atoms with Crippen molar-refractivity contribution in [3.8, 4) is 11.1 Å². The van der Waals surface area contributed by atoms with Crippen LogP contribution in [0.3, 0.4) is 0 Å². The summed E-state index contributed by atoms with van der Waals surface area (Å²) in [6.45, 7) is 0. The fourth-order valence-electron chi connectivity index (χ4n) is 10.6. The predicted molar refractivity (Wildman–Crippen MR) is 199 cm³/mol. The number of hydrogen-bond acceptors (Lipinski definition) is 2. The van der Waals surface area contributed by atoms with Gasteiger partial charge in [0.25, 0.3) is 0 Å². The van der Waals surface area contributed by atoms with Crippen molar-refractivity contribution in [3.05, 3.63) is 169 Å². The predicted octanol–water partition coefficient (Wildman–Crippen LogP) is 12.4. The topological polar surface area (TPSA) is 6.48 Å². The van der Waals surface area contributed by atoms with Gasteiger partial charge in [-0.25, -0.2) is 0 Å². The number of hydrogen-bond donors (Lipinski definition) is 0. The summed E-state index contributed by atoms with van der Waals surface area (Å²) in [4.78, 5) is 4.71. The van der Waals surface area contributed by atoms with Gasteiger partial charge in [-0.3, -0.25) is 0 Å². The van der Waals surface area contributed by atoms with Crippen LogP contribution in [0.25, 0.3) is 11.1 Å². The molecular formula is C46H40N2. The standard InChI is InChI=1S/C46H40N2/c1-4-10-39(11-5-1)47(40-12-6-2-7-13-40)42-22-16-33(17-23-42)34-18-24-43(25-19-34)48(41-14-8-3-9-15-41)44-26-20-35(21-27-44)45-30-37-28-36-29-38(31-45)46(36,37)32-45/h1-27,36-38H,28-32H2. The Balaban J connectivity index is 0.937. The van der Waals surface area contributed by atoms with Crippen molar-refractivity contribution in [2.75, 3.05) is 9.80 Å². The van der Waals surface area contributed by atoms with Gasteiger partial charge in [0.15, 0.2) is 0 Å². The Labute approximate surface area is 284 Å². The molecule has 4 saturated carbocycles. The van der Waals surface area contributed by atoms with Crippen LogP contribution >= 0.6 is 0 Å². The molecule has 2 unspecified atom stereocenters. The summed E-state index contributed by atoms with van der Waals surface area (Å²) in [6.07, 6.45) is 7.35. The number of anilines is 6. The molecule has 48 heavy (non-hydrogen) atoms. The highest BCUT2D eigenvalue weighted by atomic mass is 15.1.